The molecule has 1 rings (SSSR count). The van der Waals surface area contributed by atoms with Gasteiger partial charge < -0.3 is 14.8 Å². The lowest BCUT2D eigenvalue weighted by atomic mass is 9.77. The summed E-state index contributed by atoms with van der Waals surface area (Å²) in [5, 5.41) is 17.2. The van der Waals surface area contributed by atoms with Crippen LogP contribution in [0.5, 0.6) is 0 Å². The smallest absolute Gasteiger partial charge is 0.423 e. The molecule has 1 aliphatic rings. The average molecular weight is 128 g/mol. The minimum atomic E-state index is -1.28. The summed E-state index contributed by atoms with van der Waals surface area (Å²) in [4.78, 5) is 0. The van der Waals surface area contributed by atoms with E-state index in [1.165, 1.54) is 0 Å². The third kappa shape index (κ3) is 1.82. The second kappa shape index (κ2) is 3.01. The fourth-order valence-corrected chi connectivity index (χ4v) is 0.776. The van der Waals surface area contributed by atoms with E-state index in [1.54, 1.807) is 6.08 Å². The van der Waals surface area contributed by atoms with E-state index in [-0.39, 0.29) is 0 Å². The van der Waals surface area contributed by atoms with Gasteiger partial charge in [0, 0.05) is 0 Å². The molecule has 2 N–H and O–H groups in total. The summed E-state index contributed by atoms with van der Waals surface area (Å²) in [7, 11) is -1.28. The van der Waals surface area contributed by atoms with Crippen molar-refractivity contribution in [2.24, 2.45) is 0 Å². The first-order chi connectivity index (χ1) is 4.30. The standard InChI is InChI=1S/C5H9BO3/c7-6(8)5-1-3-9-4-2-5/h1,7-8H,2-4H2. The van der Waals surface area contributed by atoms with Crippen molar-refractivity contribution in [1.82, 2.24) is 0 Å². The normalized spacial score (nSPS) is 19.1. The first-order valence-electron chi connectivity index (χ1n) is 2.93. The molecule has 0 saturated carbocycles. The summed E-state index contributed by atoms with van der Waals surface area (Å²) >= 11 is 0. The predicted molar refractivity (Wildman–Crippen MR) is 33.7 cm³/mol. The Hall–Kier alpha value is -0.315. The molecule has 0 aromatic heterocycles. The lowest BCUT2D eigenvalue weighted by Gasteiger charge is -2.11. The molecule has 0 atom stereocenters. The van der Waals surface area contributed by atoms with Crippen LogP contribution in [-0.2, 0) is 4.74 Å². The summed E-state index contributed by atoms with van der Waals surface area (Å²) in [5.41, 5.74) is 0.668. The van der Waals surface area contributed by atoms with Crippen molar-refractivity contribution >= 4 is 7.12 Å². The summed E-state index contributed by atoms with van der Waals surface area (Å²) < 4.78 is 4.95. The van der Waals surface area contributed by atoms with Gasteiger partial charge in [0.15, 0.2) is 0 Å². The fraction of sp³-hybridized carbons (Fsp3) is 0.600. The molecule has 0 fully saturated rings. The van der Waals surface area contributed by atoms with Gasteiger partial charge in [-0.25, -0.2) is 0 Å². The highest BCUT2D eigenvalue weighted by atomic mass is 16.5. The van der Waals surface area contributed by atoms with Gasteiger partial charge in [-0.2, -0.15) is 0 Å². The Morgan fingerprint density at radius 2 is 2.33 bits per heavy atom. The molecule has 4 heteroatoms. The molecular weight excluding hydrogens is 119 g/mol. The van der Waals surface area contributed by atoms with Crippen LogP contribution in [0.4, 0.5) is 0 Å². The molecule has 0 aliphatic carbocycles. The minimum absolute atomic E-state index is 0.507. The van der Waals surface area contributed by atoms with Gasteiger partial charge in [-0.15, -0.1) is 0 Å². The van der Waals surface area contributed by atoms with Crippen molar-refractivity contribution in [3.05, 3.63) is 11.5 Å². The van der Waals surface area contributed by atoms with Gasteiger partial charge in [-0.3, -0.25) is 0 Å². The largest absolute Gasteiger partial charge is 0.483 e. The maximum absolute atomic E-state index is 8.61. The van der Waals surface area contributed by atoms with Crippen LogP contribution in [0.3, 0.4) is 0 Å². The van der Waals surface area contributed by atoms with Crippen LogP contribution in [0.1, 0.15) is 6.42 Å². The molecule has 0 unspecified atom stereocenters. The molecule has 1 aliphatic heterocycles. The quantitative estimate of drug-likeness (QED) is 0.461. The Labute approximate surface area is 54.1 Å². The van der Waals surface area contributed by atoms with E-state index >= 15 is 0 Å². The van der Waals surface area contributed by atoms with Crippen molar-refractivity contribution in [2.75, 3.05) is 13.2 Å². The van der Waals surface area contributed by atoms with E-state index in [0.717, 1.165) is 0 Å². The van der Waals surface area contributed by atoms with Crippen LogP contribution in [0, 0.1) is 0 Å². The van der Waals surface area contributed by atoms with Crippen LogP contribution in [0.2, 0.25) is 0 Å². The van der Waals surface area contributed by atoms with Crippen LogP contribution in [0.15, 0.2) is 11.5 Å². The van der Waals surface area contributed by atoms with E-state index in [4.69, 9.17) is 14.8 Å². The van der Waals surface area contributed by atoms with Crippen LogP contribution < -0.4 is 0 Å². The van der Waals surface area contributed by atoms with E-state index in [1.807, 2.05) is 0 Å². The lowest BCUT2D eigenvalue weighted by Crippen LogP contribution is -2.20. The SMILES string of the molecule is OB(O)C1=CCOCC1. The molecule has 1 heterocycles. The molecule has 0 aromatic carbocycles. The first-order valence-corrected chi connectivity index (χ1v) is 2.93. The van der Waals surface area contributed by atoms with Crippen molar-refractivity contribution in [1.29, 1.82) is 0 Å². The Bertz CT molecular complexity index is 121. The van der Waals surface area contributed by atoms with E-state index < -0.39 is 7.12 Å². The molecular formula is C5H9BO3. The molecule has 0 amide bonds. The Balaban J connectivity index is 2.46. The van der Waals surface area contributed by atoms with Crippen LogP contribution in [-0.4, -0.2) is 30.4 Å². The second-order valence-electron chi connectivity index (χ2n) is 1.98. The third-order valence-electron chi connectivity index (χ3n) is 1.33. The van der Waals surface area contributed by atoms with Crippen molar-refractivity contribution in [3.63, 3.8) is 0 Å². The first kappa shape index (κ1) is 6.80. The zero-order chi connectivity index (χ0) is 6.69. The predicted octanol–water partition coefficient (Wildman–Crippen LogP) is -0.655. The van der Waals surface area contributed by atoms with Gasteiger partial charge in [0.1, 0.15) is 0 Å². The molecule has 9 heavy (non-hydrogen) atoms. The summed E-state index contributed by atoms with van der Waals surface area (Å²) in [6.45, 7) is 1.11. The molecule has 0 saturated heterocycles. The van der Waals surface area contributed by atoms with Crippen molar-refractivity contribution < 1.29 is 14.8 Å². The maximum Gasteiger partial charge on any atom is 0.483 e. The van der Waals surface area contributed by atoms with Crippen molar-refractivity contribution in [3.8, 4) is 0 Å². The van der Waals surface area contributed by atoms with Crippen LogP contribution in [0.25, 0.3) is 0 Å². The zero-order valence-corrected chi connectivity index (χ0v) is 5.08. The highest BCUT2D eigenvalue weighted by Crippen LogP contribution is 2.07. The van der Waals surface area contributed by atoms with Gasteiger partial charge >= 0.3 is 7.12 Å². The van der Waals surface area contributed by atoms with E-state index in [2.05, 4.69) is 0 Å². The third-order valence-corrected chi connectivity index (χ3v) is 1.33. The van der Waals surface area contributed by atoms with Gasteiger partial charge in [0.05, 0.1) is 13.2 Å². The highest BCUT2D eigenvalue weighted by Gasteiger charge is 2.15. The molecule has 50 valence electrons. The summed E-state index contributed by atoms with van der Waals surface area (Å²) in [6, 6.07) is 0. The zero-order valence-electron chi connectivity index (χ0n) is 5.08. The molecule has 0 radical (unpaired) electrons. The summed E-state index contributed by atoms with van der Waals surface area (Å²) in [5.74, 6) is 0. The van der Waals surface area contributed by atoms with Gasteiger partial charge in [0.25, 0.3) is 0 Å². The second-order valence-corrected chi connectivity index (χ2v) is 1.98. The maximum atomic E-state index is 8.61. The summed E-state index contributed by atoms with van der Waals surface area (Å²) in [6.07, 6.45) is 2.34. The Morgan fingerprint density at radius 1 is 1.56 bits per heavy atom. The van der Waals surface area contributed by atoms with E-state index in [9.17, 15) is 0 Å². The number of hydrogen-bond donors (Lipinski definition) is 2. The fourth-order valence-electron chi connectivity index (χ4n) is 0.776. The van der Waals surface area contributed by atoms with Gasteiger partial charge in [-0.05, 0) is 11.9 Å². The minimum Gasteiger partial charge on any atom is -0.423 e. The van der Waals surface area contributed by atoms with E-state index in [0.29, 0.717) is 25.1 Å². The Kier molecular flexibility index (Phi) is 2.27. The lowest BCUT2D eigenvalue weighted by molar-refractivity contribution is 0.155. The number of rotatable bonds is 1. The molecule has 0 aromatic rings. The highest BCUT2D eigenvalue weighted by molar-refractivity contribution is 6.50. The number of hydrogen-bond acceptors (Lipinski definition) is 3. The molecule has 0 spiro atoms. The van der Waals surface area contributed by atoms with Crippen molar-refractivity contribution in [2.45, 2.75) is 6.42 Å². The molecule has 3 nitrogen and oxygen atoms in total. The monoisotopic (exact) mass is 128 g/mol. The molecule has 0 bridgehead atoms. The van der Waals surface area contributed by atoms with Gasteiger partial charge in [-0.1, -0.05) is 6.08 Å². The topological polar surface area (TPSA) is 49.7 Å². The number of ether oxygens (including phenoxy) is 1. The van der Waals surface area contributed by atoms with Gasteiger partial charge in [0.2, 0.25) is 0 Å². The Morgan fingerprint density at radius 3 is 2.67 bits per heavy atom. The average Bonchev–Trinajstić information content (AvgIpc) is 1.90. The van der Waals surface area contributed by atoms with Crippen LogP contribution >= 0.6 is 0 Å².